The van der Waals surface area contributed by atoms with Gasteiger partial charge in [-0.2, -0.15) is 0 Å². The molecule has 2 aliphatic heterocycles. The number of allylic oxidation sites excluding steroid dienone is 2. The van der Waals surface area contributed by atoms with Crippen LogP contribution in [0.5, 0.6) is 0 Å². The molecule has 2 fully saturated rings. The van der Waals surface area contributed by atoms with Gasteiger partial charge in [-0.05, 0) is 61.2 Å². The van der Waals surface area contributed by atoms with Crippen molar-refractivity contribution in [1.82, 2.24) is 0 Å². The van der Waals surface area contributed by atoms with Crippen molar-refractivity contribution in [3.8, 4) is 0 Å². The minimum absolute atomic E-state index is 0.00594. The molecule has 0 amide bonds. The van der Waals surface area contributed by atoms with Crippen molar-refractivity contribution < 1.29 is 28.2 Å². The SMILES string of the molecule is CCCC[C@]1(C=O)CC[C@]2(CC[C@H](C)[C@@H](C/C=C(C)/C=C/[C@H](O[Si](C(C)C)(C(C)C)C(C)C)[C@@H](C)/C=C/C(=O)OCC[Si](C)(C)C)O2)O1. The van der Waals surface area contributed by atoms with E-state index in [-0.39, 0.29) is 24.1 Å². The zero-order valence-electron chi connectivity index (χ0n) is 33.0. The third-order valence-electron chi connectivity index (χ3n) is 10.9. The maximum Gasteiger partial charge on any atom is 0.330 e. The quantitative estimate of drug-likeness (QED) is 0.0438. The summed E-state index contributed by atoms with van der Waals surface area (Å²) >= 11 is 0. The van der Waals surface area contributed by atoms with Gasteiger partial charge in [0.2, 0.25) is 8.32 Å². The van der Waals surface area contributed by atoms with Gasteiger partial charge in [0.05, 0.1) is 18.8 Å². The number of aldehydes is 1. The number of hydrogen-bond acceptors (Lipinski definition) is 6. The Labute approximate surface area is 297 Å². The van der Waals surface area contributed by atoms with Gasteiger partial charge in [-0.15, -0.1) is 0 Å². The van der Waals surface area contributed by atoms with E-state index >= 15 is 0 Å². The van der Waals surface area contributed by atoms with E-state index in [1.807, 2.05) is 6.08 Å². The molecule has 6 atom stereocenters. The molecule has 0 aromatic carbocycles. The van der Waals surface area contributed by atoms with Crippen molar-refractivity contribution in [2.75, 3.05) is 6.61 Å². The highest BCUT2D eigenvalue weighted by Crippen LogP contribution is 2.48. The lowest BCUT2D eigenvalue weighted by molar-refractivity contribution is -0.292. The number of carbonyl (C=O) groups excluding carboxylic acids is 2. The Hall–Kier alpha value is -1.33. The molecule has 0 bridgehead atoms. The zero-order valence-corrected chi connectivity index (χ0v) is 35.0. The van der Waals surface area contributed by atoms with Crippen LogP contribution in [0.25, 0.3) is 0 Å². The first-order valence-corrected chi connectivity index (χ1v) is 24.9. The van der Waals surface area contributed by atoms with E-state index < -0.39 is 27.8 Å². The maximum absolute atomic E-state index is 12.6. The van der Waals surface area contributed by atoms with Gasteiger partial charge in [-0.3, -0.25) is 0 Å². The lowest BCUT2D eigenvalue weighted by Crippen LogP contribution is -2.50. The molecular weight excluding hydrogens is 633 g/mol. The van der Waals surface area contributed by atoms with Crippen LogP contribution in [0.4, 0.5) is 0 Å². The van der Waals surface area contributed by atoms with Gasteiger partial charge in [0.25, 0.3) is 0 Å². The molecule has 0 saturated carbocycles. The smallest absolute Gasteiger partial charge is 0.330 e. The van der Waals surface area contributed by atoms with Gasteiger partial charge >= 0.3 is 5.97 Å². The fourth-order valence-corrected chi connectivity index (χ4v) is 14.0. The summed E-state index contributed by atoms with van der Waals surface area (Å²) in [6, 6.07) is 0.963. The Kier molecular flexibility index (Phi) is 16.8. The van der Waals surface area contributed by atoms with Crippen LogP contribution in [0.2, 0.25) is 42.3 Å². The Balaban J connectivity index is 2.24. The molecular formula is C40H72O6Si2. The molecule has 48 heavy (non-hydrogen) atoms. The predicted octanol–water partition coefficient (Wildman–Crippen LogP) is 11.0. The topological polar surface area (TPSA) is 71.1 Å². The summed E-state index contributed by atoms with van der Waals surface area (Å²) in [7, 11) is -3.46. The van der Waals surface area contributed by atoms with Crippen molar-refractivity contribution >= 4 is 28.6 Å². The summed E-state index contributed by atoms with van der Waals surface area (Å²) in [5, 5.41) is 0. The Morgan fingerprint density at radius 1 is 0.958 bits per heavy atom. The molecule has 0 N–H and O–H groups in total. The molecule has 2 heterocycles. The van der Waals surface area contributed by atoms with E-state index in [2.05, 4.69) is 107 Å². The first kappa shape index (κ1) is 42.8. The molecule has 0 unspecified atom stereocenters. The van der Waals surface area contributed by atoms with E-state index in [1.165, 1.54) is 0 Å². The van der Waals surface area contributed by atoms with E-state index in [0.29, 0.717) is 29.1 Å². The van der Waals surface area contributed by atoms with Crippen LogP contribution in [0.15, 0.2) is 36.0 Å². The highest BCUT2D eigenvalue weighted by atomic mass is 28.4. The van der Waals surface area contributed by atoms with Crippen molar-refractivity contribution in [3.05, 3.63) is 36.0 Å². The number of ether oxygens (including phenoxy) is 3. The summed E-state index contributed by atoms with van der Waals surface area (Å²) in [4.78, 5) is 24.7. The summed E-state index contributed by atoms with van der Waals surface area (Å²) in [5.41, 5.74) is 1.80. The number of esters is 1. The molecule has 0 aromatic rings. The lowest BCUT2D eigenvalue weighted by Gasteiger charge is -2.45. The average molecular weight is 705 g/mol. The normalized spacial score (nSPS) is 27.2. The number of unbranched alkanes of at least 4 members (excludes halogenated alkanes) is 1. The minimum Gasteiger partial charge on any atom is -0.463 e. The molecule has 6 nitrogen and oxygen atoms in total. The number of carbonyl (C=O) groups is 2. The monoisotopic (exact) mass is 704 g/mol. The Bertz CT molecular complexity index is 1080. The molecule has 0 radical (unpaired) electrons. The van der Waals surface area contributed by atoms with Crippen molar-refractivity contribution in [1.29, 1.82) is 0 Å². The molecule has 8 heteroatoms. The zero-order chi connectivity index (χ0) is 36.3. The molecule has 1 spiro atoms. The van der Waals surface area contributed by atoms with Gasteiger partial charge in [0, 0.05) is 32.9 Å². The van der Waals surface area contributed by atoms with Crippen LogP contribution in [0, 0.1) is 11.8 Å². The van der Waals surface area contributed by atoms with Crippen LogP contribution >= 0.6 is 0 Å². The average Bonchev–Trinajstić information content (AvgIpc) is 3.36. The summed E-state index contributed by atoms with van der Waals surface area (Å²) in [6.07, 6.45) is 18.1. The van der Waals surface area contributed by atoms with Gasteiger partial charge in [0.1, 0.15) is 5.60 Å². The highest BCUT2D eigenvalue weighted by molar-refractivity contribution is 6.77. The number of hydrogen-bond donors (Lipinski definition) is 0. The number of rotatable bonds is 19. The van der Waals surface area contributed by atoms with Gasteiger partial charge in [0.15, 0.2) is 12.1 Å². The largest absolute Gasteiger partial charge is 0.463 e. The second kappa shape index (κ2) is 18.8. The van der Waals surface area contributed by atoms with Crippen LogP contribution in [-0.4, -0.2) is 58.8 Å². The fraction of sp³-hybridized carbons (Fsp3) is 0.800. The lowest BCUT2D eigenvalue weighted by atomic mass is 9.88. The second-order valence-electron chi connectivity index (χ2n) is 17.1. The van der Waals surface area contributed by atoms with Crippen molar-refractivity contribution in [3.63, 3.8) is 0 Å². The molecule has 2 aliphatic rings. The predicted molar refractivity (Wildman–Crippen MR) is 205 cm³/mol. The van der Waals surface area contributed by atoms with Crippen molar-refractivity contribution in [2.24, 2.45) is 11.8 Å². The summed E-state index contributed by atoms with van der Waals surface area (Å²) < 4.78 is 26.1. The maximum atomic E-state index is 12.6. The first-order valence-electron chi connectivity index (χ1n) is 19.1. The first-order chi connectivity index (χ1) is 22.3. The van der Waals surface area contributed by atoms with Crippen LogP contribution in [0.1, 0.15) is 121 Å². The van der Waals surface area contributed by atoms with E-state index in [0.717, 1.165) is 69.3 Å². The Morgan fingerprint density at radius 2 is 1.60 bits per heavy atom. The van der Waals surface area contributed by atoms with E-state index in [9.17, 15) is 9.59 Å². The second-order valence-corrected chi connectivity index (χ2v) is 28.1. The van der Waals surface area contributed by atoms with Crippen LogP contribution < -0.4 is 0 Å². The van der Waals surface area contributed by atoms with Gasteiger partial charge in [-0.25, -0.2) is 4.79 Å². The van der Waals surface area contributed by atoms with E-state index in [1.54, 1.807) is 6.08 Å². The molecule has 2 saturated heterocycles. The minimum atomic E-state index is -2.20. The summed E-state index contributed by atoms with van der Waals surface area (Å²) in [5.74, 6) is -0.511. The fourth-order valence-electron chi connectivity index (χ4n) is 7.72. The van der Waals surface area contributed by atoms with Crippen molar-refractivity contribution in [2.45, 2.75) is 187 Å². The highest BCUT2D eigenvalue weighted by Gasteiger charge is 2.53. The Morgan fingerprint density at radius 3 is 2.17 bits per heavy atom. The van der Waals surface area contributed by atoms with Crippen LogP contribution in [-0.2, 0) is 28.2 Å². The van der Waals surface area contributed by atoms with Gasteiger partial charge in [-0.1, -0.05) is 125 Å². The standard InChI is InChI=1S/C40H72O6Si2/c1-14-15-23-39(29-41)25-26-40(46-39)24-22-35(10)36(44-40)19-16-33(8)17-20-37(45-48(30(2)3,31(4)5)32(6)7)34(9)18-21-38(42)43-27-28-47(11,12)13/h16-18,20-21,29-32,34-37H,14-15,19,22-28H2,1-13H3/b20-17+,21-18+,33-16+/t34-,35-,36+,37-,39+,40-/m0/s1. The molecule has 0 aliphatic carbocycles. The molecule has 2 rings (SSSR count). The third kappa shape index (κ3) is 12.2. The van der Waals surface area contributed by atoms with Crippen LogP contribution in [0.3, 0.4) is 0 Å². The van der Waals surface area contributed by atoms with Gasteiger partial charge < -0.3 is 23.4 Å². The summed E-state index contributed by atoms with van der Waals surface area (Å²) in [6.45, 7) is 29.9. The third-order valence-corrected chi connectivity index (χ3v) is 18.7. The van der Waals surface area contributed by atoms with E-state index in [4.69, 9.17) is 18.6 Å². The molecule has 276 valence electrons. The molecule has 0 aromatic heterocycles.